The summed E-state index contributed by atoms with van der Waals surface area (Å²) in [6.07, 6.45) is 11.8. The number of nitrogens with one attached hydrogen (secondary N) is 1. The molecule has 0 amide bonds. The predicted octanol–water partition coefficient (Wildman–Crippen LogP) is 5.03. The molecule has 0 aromatic heterocycles. The fourth-order valence-corrected chi connectivity index (χ4v) is 3.53. The van der Waals surface area contributed by atoms with Gasteiger partial charge in [0.1, 0.15) is 0 Å². The standard InChI is InChI=1S/C20H33NO2/c1-4-5-6-7-8-9-10-11-18-17-15-20(23-3)19(22-2)14-16(17)12-13-21-18/h14-15,18,21H,4-13H2,1-3H3. The maximum Gasteiger partial charge on any atom is 0.161 e. The third kappa shape index (κ3) is 5.13. The molecule has 0 spiro atoms. The molecule has 1 N–H and O–H groups in total. The van der Waals surface area contributed by atoms with Gasteiger partial charge in [0.15, 0.2) is 11.5 Å². The molecule has 1 aliphatic rings. The first-order chi connectivity index (χ1) is 11.3. The highest BCUT2D eigenvalue weighted by molar-refractivity contribution is 5.49. The van der Waals surface area contributed by atoms with E-state index in [4.69, 9.17) is 9.47 Å². The average Bonchev–Trinajstić information content (AvgIpc) is 2.59. The third-order valence-electron chi connectivity index (χ3n) is 4.90. The van der Waals surface area contributed by atoms with Crippen molar-refractivity contribution in [1.29, 1.82) is 0 Å². The van der Waals surface area contributed by atoms with E-state index >= 15 is 0 Å². The number of ether oxygens (including phenoxy) is 2. The lowest BCUT2D eigenvalue weighted by molar-refractivity contribution is 0.351. The molecule has 0 fully saturated rings. The van der Waals surface area contributed by atoms with E-state index in [9.17, 15) is 0 Å². The Morgan fingerprint density at radius 1 is 0.957 bits per heavy atom. The van der Waals surface area contributed by atoms with Crippen molar-refractivity contribution in [3.8, 4) is 11.5 Å². The summed E-state index contributed by atoms with van der Waals surface area (Å²) in [6, 6.07) is 4.80. The molecule has 130 valence electrons. The molecule has 1 atom stereocenters. The first kappa shape index (κ1) is 18.1. The zero-order chi connectivity index (χ0) is 16.5. The first-order valence-corrected chi connectivity index (χ1v) is 9.28. The van der Waals surface area contributed by atoms with E-state index in [1.165, 1.54) is 62.5 Å². The van der Waals surface area contributed by atoms with Crippen LogP contribution in [0.5, 0.6) is 11.5 Å². The molecule has 1 aliphatic heterocycles. The van der Waals surface area contributed by atoms with Crippen LogP contribution in [0.2, 0.25) is 0 Å². The van der Waals surface area contributed by atoms with Gasteiger partial charge in [-0.05, 0) is 42.6 Å². The molecule has 0 radical (unpaired) electrons. The van der Waals surface area contributed by atoms with Crippen LogP contribution in [0.1, 0.15) is 75.5 Å². The highest BCUT2D eigenvalue weighted by Gasteiger charge is 2.22. The predicted molar refractivity (Wildman–Crippen MR) is 96.6 cm³/mol. The number of fused-ring (bicyclic) bond motifs is 1. The zero-order valence-corrected chi connectivity index (χ0v) is 15.1. The number of hydrogen-bond donors (Lipinski definition) is 1. The summed E-state index contributed by atoms with van der Waals surface area (Å²) >= 11 is 0. The fourth-order valence-electron chi connectivity index (χ4n) is 3.53. The second kappa shape index (κ2) is 9.82. The minimum absolute atomic E-state index is 0.467. The molecule has 1 aromatic carbocycles. The summed E-state index contributed by atoms with van der Waals surface area (Å²) in [5.41, 5.74) is 2.81. The van der Waals surface area contributed by atoms with E-state index in [-0.39, 0.29) is 0 Å². The summed E-state index contributed by atoms with van der Waals surface area (Å²) < 4.78 is 10.9. The second-order valence-electron chi connectivity index (χ2n) is 6.57. The summed E-state index contributed by atoms with van der Waals surface area (Å²) in [7, 11) is 3.42. The Labute approximate surface area is 141 Å². The van der Waals surface area contributed by atoms with Crippen molar-refractivity contribution in [3.05, 3.63) is 23.3 Å². The molecule has 2 rings (SSSR count). The second-order valence-corrected chi connectivity index (χ2v) is 6.57. The lowest BCUT2D eigenvalue weighted by Crippen LogP contribution is -2.29. The van der Waals surface area contributed by atoms with Gasteiger partial charge in [-0.2, -0.15) is 0 Å². The van der Waals surface area contributed by atoms with Gasteiger partial charge < -0.3 is 14.8 Å². The van der Waals surface area contributed by atoms with Crippen LogP contribution in [0.3, 0.4) is 0 Å². The quantitative estimate of drug-likeness (QED) is 0.613. The Bertz CT molecular complexity index is 473. The molecule has 3 nitrogen and oxygen atoms in total. The SMILES string of the molecule is CCCCCCCCCC1NCCc2cc(OC)c(OC)cc21. The maximum atomic E-state index is 5.48. The van der Waals surface area contributed by atoms with Gasteiger partial charge in [0.2, 0.25) is 0 Å². The average molecular weight is 319 g/mol. The van der Waals surface area contributed by atoms with Crippen LogP contribution < -0.4 is 14.8 Å². The van der Waals surface area contributed by atoms with E-state index in [1.54, 1.807) is 14.2 Å². The number of unbranched alkanes of at least 4 members (excludes halogenated alkanes) is 6. The molecular formula is C20H33NO2. The monoisotopic (exact) mass is 319 g/mol. The summed E-state index contributed by atoms with van der Waals surface area (Å²) in [4.78, 5) is 0. The summed E-state index contributed by atoms with van der Waals surface area (Å²) in [5, 5.41) is 3.68. The highest BCUT2D eigenvalue weighted by atomic mass is 16.5. The minimum Gasteiger partial charge on any atom is -0.493 e. The Hall–Kier alpha value is -1.22. The highest BCUT2D eigenvalue weighted by Crippen LogP contribution is 2.36. The normalized spacial score (nSPS) is 16.9. The number of methoxy groups -OCH3 is 2. The summed E-state index contributed by atoms with van der Waals surface area (Å²) in [6.45, 7) is 3.33. The van der Waals surface area contributed by atoms with Crippen LogP contribution in [-0.4, -0.2) is 20.8 Å². The van der Waals surface area contributed by atoms with Gasteiger partial charge in [0.05, 0.1) is 14.2 Å². The topological polar surface area (TPSA) is 30.5 Å². The van der Waals surface area contributed by atoms with Crippen molar-refractivity contribution in [2.75, 3.05) is 20.8 Å². The summed E-state index contributed by atoms with van der Waals surface area (Å²) in [5.74, 6) is 1.70. The van der Waals surface area contributed by atoms with E-state index in [0.717, 1.165) is 24.5 Å². The molecule has 0 saturated carbocycles. The van der Waals surface area contributed by atoms with Crippen molar-refractivity contribution in [1.82, 2.24) is 5.32 Å². The van der Waals surface area contributed by atoms with Gasteiger partial charge in [0, 0.05) is 6.04 Å². The van der Waals surface area contributed by atoms with E-state index < -0.39 is 0 Å². The van der Waals surface area contributed by atoms with E-state index in [2.05, 4.69) is 24.4 Å². The molecule has 0 aliphatic carbocycles. The lowest BCUT2D eigenvalue weighted by atomic mass is 9.90. The van der Waals surface area contributed by atoms with Gasteiger partial charge in [-0.15, -0.1) is 0 Å². The van der Waals surface area contributed by atoms with Crippen molar-refractivity contribution in [2.24, 2.45) is 0 Å². The number of rotatable bonds is 10. The van der Waals surface area contributed by atoms with Gasteiger partial charge in [-0.1, -0.05) is 51.9 Å². The van der Waals surface area contributed by atoms with Gasteiger partial charge >= 0.3 is 0 Å². The maximum absolute atomic E-state index is 5.48. The molecular weight excluding hydrogens is 286 g/mol. The number of benzene rings is 1. The molecule has 1 unspecified atom stereocenters. The van der Waals surface area contributed by atoms with Crippen LogP contribution in [0, 0.1) is 0 Å². The minimum atomic E-state index is 0.467. The Balaban J connectivity index is 1.88. The molecule has 0 bridgehead atoms. The van der Waals surface area contributed by atoms with Crippen molar-refractivity contribution < 1.29 is 9.47 Å². The molecule has 0 saturated heterocycles. The van der Waals surface area contributed by atoms with Crippen molar-refractivity contribution >= 4 is 0 Å². The van der Waals surface area contributed by atoms with Crippen molar-refractivity contribution in [3.63, 3.8) is 0 Å². The molecule has 23 heavy (non-hydrogen) atoms. The molecule has 1 aromatic rings. The Kier molecular flexibility index (Phi) is 7.73. The van der Waals surface area contributed by atoms with Gasteiger partial charge in [-0.25, -0.2) is 0 Å². The van der Waals surface area contributed by atoms with Crippen LogP contribution in [0.25, 0.3) is 0 Å². The number of hydrogen-bond acceptors (Lipinski definition) is 3. The Morgan fingerprint density at radius 2 is 1.61 bits per heavy atom. The lowest BCUT2D eigenvalue weighted by Gasteiger charge is -2.28. The zero-order valence-electron chi connectivity index (χ0n) is 15.1. The van der Waals surface area contributed by atoms with E-state index in [1.807, 2.05) is 0 Å². The van der Waals surface area contributed by atoms with Crippen LogP contribution in [-0.2, 0) is 6.42 Å². The molecule has 1 heterocycles. The molecule has 3 heteroatoms. The largest absolute Gasteiger partial charge is 0.493 e. The van der Waals surface area contributed by atoms with E-state index in [0.29, 0.717) is 6.04 Å². The van der Waals surface area contributed by atoms with Crippen LogP contribution in [0.15, 0.2) is 12.1 Å². The first-order valence-electron chi connectivity index (χ1n) is 9.28. The van der Waals surface area contributed by atoms with Gasteiger partial charge in [-0.3, -0.25) is 0 Å². The van der Waals surface area contributed by atoms with Gasteiger partial charge in [0.25, 0.3) is 0 Å². The Morgan fingerprint density at radius 3 is 2.30 bits per heavy atom. The fraction of sp³-hybridized carbons (Fsp3) is 0.700. The third-order valence-corrected chi connectivity index (χ3v) is 4.90. The van der Waals surface area contributed by atoms with Crippen LogP contribution >= 0.6 is 0 Å². The van der Waals surface area contributed by atoms with Crippen molar-refractivity contribution in [2.45, 2.75) is 70.8 Å². The smallest absolute Gasteiger partial charge is 0.161 e. The van der Waals surface area contributed by atoms with Crippen LogP contribution in [0.4, 0.5) is 0 Å².